The van der Waals surface area contributed by atoms with Crippen molar-refractivity contribution in [2.75, 3.05) is 13.3 Å². The number of primary amides is 1. The van der Waals surface area contributed by atoms with E-state index in [1.54, 1.807) is 30.5 Å². The van der Waals surface area contributed by atoms with Gasteiger partial charge in [0.05, 0.1) is 23.5 Å². The van der Waals surface area contributed by atoms with Crippen molar-refractivity contribution in [1.29, 1.82) is 0 Å². The highest BCUT2D eigenvalue weighted by Crippen LogP contribution is 2.56. The zero-order valence-corrected chi connectivity index (χ0v) is 18.8. The fourth-order valence-corrected chi connectivity index (χ4v) is 5.01. The smallest absolute Gasteiger partial charge is 0.255 e. The number of hydrogen-bond acceptors (Lipinski definition) is 6. The maximum absolute atomic E-state index is 12.8. The first kappa shape index (κ1) is 23.0. The average molecular weight is 485 g/mol. The number of rotatable bonds is 9. The Balaban J connectivity index is 1.14. The van der Waals surface area contributed by atoms with Gasteiger partial charge in [0.25, 0.3) is 11.8 Å². The lowest BCUT2D eigenvalue weighted by Gasteiger charge is -2.57. The van der Waals surface area contributed by atoms with Gasteiger partial charge in [-0.1, -0.05) is 0 Å². The van der Waals surface area contributed by atoms with Gasteiger partial charge in [0.15, 0.2) is 6.10 Å². The number of amides is 2. The number of aromatic nitrogens is 3. The van der Waals surface area contributed by atoms with Crippen LogP contribution in [0.25, 0.3) is 5.52 Å². The standard InChI is InChI=1S/C24H25F2N5O4/c25-10-17(11-26)34-15-3-4-20-19(12-29-31(20)13-15)22(33)30-14-6-24(7-14)8-16(9-24)35-23-18(21(27)32)2-1-5-28-23/h1-5,12-14,16-17H,6-11H2,(H2,27,32)(H,30,33). The topological polar surface area (TPSA) is 121 Å². The zero-order valence-electron chi connectivity index (χ0n) is 18.8. The van der Waals surface area contributed by atoms with E-state index >= 15 is 0 Å². The van der Waals surface area contributed by atoms with Gasteiger partial charge >= 0.3 is 0 Å². The van der Waals surface area contributed by atoms with Crippen molar-refractivity contribution in [3.8, 4) is 11.6 Å². The Labute approximate surface area is 199 Å². The Kier molecular flexibility index (Phi) is 6.00. The van der Waals surface area contributed by atoms with Gasteiger partial charge in [-0.15, -0.1) is 0 Å². The van der Waals surface area contributed by atoms with Crippen molar-refractivity contribution in [1.82, 2.24) is 19.9 Å². The van der Waals surface area contributed by atoms with Gasteiger partial charge in [0.1, 0.15) is 30.8 Å². The summed E-state index contributed by atoms with van der Waals surface area (Å²) in [5.41, 5.74) is 6.75. The van der Waals surface area contributed by atoms with E-state index in [0.29, 0.717) is 11.1 Å². The molecule has 2 aliphatic carbocycles. The lowest BCUT2D eigenvalue weighted by molar-refractivity contribution is -0.0848. The van der Waals surface area contributed by atoms with Crippen LogP contribution in [0.2, 0.25) is 0 Å². The van der Waals surface area contributed by atoms with Crippen molar-refractivity contribution >= 4 is 17.3 Å². The normalized spacial score (nSPS) is 23.1. The van der Waals surface area contributed by atoms with Gasteiger partial charge < -0.3 is 20.5 Å². The van der Waals surface area contributed by atoms with Crippen molar-refractivity contribution in [3.05, 3.63) is 54.0 Å². The summed E-state index contributed by atoms with van der Waals surface area (Å²) >= 11 is 0. The SMILES string of the molecule is NC(=O)c1cccnc1OC1CC2(CC(NC(=O)c3cnn4cc(OC(CF)CF)ccc34)C2)C1. The van der Waals surface area contributed by atoms with E-state index < -0.39 is 25.4 Å². The third kappa shape index (κ3) is 4.50. The van der Waals surface area contributed by atoms with Crippen LogP contribution in [0.1, 0.15) is 46.4 Å². The quantitative estimate of drug-likeness (QED) is 0.481. The van der Waals surface area contributed by atoms with Crippen molar-refractivity contribution in [2.24, 2.45) is 11.1 Å². The van der Waals surface area contributed by atoms with E-state index in [2.05, 4.69) is 15.4 Å². The molecule has 1 spiro atoms. The number of ether oxygens (including phenoxy) is 2. The average Bonchev–Trinajstić information content (AvgIpc) is 3.23. The molecule has 0 unspecified atom stereocenters. The molecule has 2 saturated carbocycles. The molecule has 0 saturated heterocycles. The first-order valence-corrected chi connectivity index (χ1v) is 11.4. The minimum Gasteiger partial charge on any atom is -0.483 e. The minimum absolute atomic E-state index is 0.0370. The van der Waals surface area contributed by atoms with Crippen LogP contribution in [0.15, 0.2) is 42.9 Å². The van der Waals surface area contributed by atoms with Crippen LogP contribution in [-0.2, 0) is 0 Å². The monoisotopic (exact) mass is 485 g/mol. The molecule has 3 aromatic rings. The van der Waals surface area contributed by atoms with E-state index in [4.69, 9.17) is 15.2 Å². The number of fused-ring (bicyclic) bond motifs is 1. The molecule has 35 heavy (non-hydrogen) atoms. The Morgan fingerprint density at radius 2 is 1.94 bits per heavy atom. The number of pyridine rings is 2. The van der Waals surface area contributed by atoms with E-state index in [-0.39, 0.29) is 40.7 Å². The minimum atomic E-state index is -1.16. The molecular weight excluding hydrogens is 460 g/mol. The third-order valence-electron chi connectivity index (χ3n) is 6.71. The highest BCUT2D eigenvalue weighted by Gasteiger charge is 2.54. The van der Waals surface area contributed by atoms with E-state index in [9.17, 15) is 18.4 Å². The summed E-state index contributed by atoms with van der Waals surface area (Å²) in [6.45, 7) is -1.87. The number of carbonyl (C=O) groups is 2. The Bertz CT molecular complexity index is 1250. The summed E-state index contributed by atoms with van der Waals surface area (Å²) < 4.78 is 38.0. The molecule has 184 valence electrons. The molecule has 3 heterocycles. The molecule has 3 aromatic heterocycles. The lowest BCUT2D eigenvalue weighted by atomic mass is 9.53. The fraction of sp³-hybridized carbons (Fsp3) is 0.417. The maximum atomic E-state index is 12.8. The number of alkyl halides is 2. The molecule has 2 aliphatic rings. The molecule has 0 atom stereocenters. The first-order valence-electron chi connectivity index (χ1n) is 11.4. The van der Waals surface area contributed by atoms with Crippen LogP contribution in [0.5, 0.6) is 11.6 Å². The third-order valence-corrected chi connectivity index (χ3v) is 6.71. The van der Waals surface area contributed by atoms with Crippen molar-refractivity contribution in [3.63, 3.8) is 0 Å². The fourth-order valence-electron chi connectivity index (χ4n) is 5.01. The molecule has 2 fully saturated rings. The van der Waals surface area contributed by atoms with Gasteiger partial charge in [-0.2, -0.15) is 5.10 Å². The number of nitrogens with zero attached hydrogens (tertiary/aromatic N) is 3. The molecule has 3 N–H and O–H groups in total. The first-order chi connectivity index (χ1) is 16.9. The highest BCUT2D eigenvalue weighted by atomic mass is 19.1. The summed E-state index contributed by atoms with van der Waals surface area (Å²) in [6.07, 6.45) is 6.64. The van der Waals surface area contributed by atoms with Crippen LogP contribution < -0.4 is 20.5 Å². The van der Waals surface area contributed by atoms with E-state index in [1.807, 2.05) is 0 Å². The van der Waals surface area contributed by atoms with Gasteiger partial charge in [0, 0.05) is 12.2 Å². The molecular formula is C24H25F2N5O4. The lowest BCUT2D eigenvalue weighted by Crippen LogP contribution is -2.58. The zero-order chi connectivity index (χ0) is 24.6. The summed E-state index contributed by atoms with van der Waals surface area (Å²) in [7, 11) is 0. The van der Waals surface area contributed by atoms with Crippen LogP contribution in [0, 0.1) is 5.41 Å². The van der Waals surface area contributed by atoms with Gasteiger partial charge in [-0.25, -0.2) is 18.3 Å². The summed E-state index contributed by atoms with van der Waals surface area (Å²) in [5.74, 6) is -0.279. The van der Waals surface area contributed by atoms with Crippen LogP contribution >= 0.6 is 0 Å². The molecule has 0 aromatic carbocycles. The van der Waals surface area contributed by atoms with Crippen molar-refractivity contribution < 1.29 is 27.8 Å². The number of carbonyl (C=O) groups excluding carboxylic acids is 2. The highest BCUT2D eigenvalue weighted by molar-refractivity contribution is 6.00. The van der Waals surface area contributed by atoms with Crippen molar-refractivity contribution in [2.45, 2.75) is 43.9 Å². The summed E-state index contributed by atoms with van der Waals surface area (Å²) in [5, 5.41) is 7.22. The second-order valence-electron chi connectivity index (χ2n) is 9.25. The van der Waals surface area contributed by atoms with E-state index in [1.165, 1.54) is 16.9 Å². The number of halogens is 2. The predicted molar refractivity (Wildman–Crippen MR) is 121 cm³/mol. The summed E-state index contributed by atoms with van der Waals surface area (Å²) in [6, 6.07) is 6.47. The number of nitrogens with two attached hydrogens (primary N) is 1. The van der Waals surface area contributed by atoms with Gasteiger partial charge in [0.2, 0.25) is 5.88 Å². The number of hydrogen-bond donors (Lipinski definition) is 2. The molecule has 0 bridgehead atoms. The molecule has 11 heteroatoms. The van der Waals surface area contributed by atoms with Crippen LogP contribution in [-0.4, -0.2) is 58.0 Å². The second-order valence-corrected chi connectivity index (χ2v) is 9.25. The molecule has 0 radical (unpaired) electrons. The molecule has 5 rings (SSSR count). The van der Waals surface area contributed by atoms with Crippen LogP contribution in [0.4, 0.5) is 8.78 Å². The number of nitrogens with one attached hydrogen (secondary N) is 1. The Morgan fingerprint density at radius 1 is 1.17 bits per heavy atom. The second kappa shape index (κ2) is 9.12. The van der Waals surface area contributed by atoms with E-state index in [0.717, 1.165) is 25.7 Å². The van der Waals surface area contributed by atoms with Crippen LogP contribution in [0.3, 0.4) is 0 Å². The largest absolute Gasteiger partial charge is 0.483 e. The maximum Gasteiger partial charge on any atom is 0.255 e. The van der Waals surface area contributed by atoms with Gasteiger partial charge in [-0.05, 0) is 55.4 Å². The molecule has 9 nitrogen and oxygen atoms in total. The van der Waals surface area contributed by atoms with Gasteiger partial charge in [-0.3, -0.25) is 9.59 Å². The molecule has 2 amide bonds. The Morgan fingerprint density at radius 3 is 2.66 bits per heavy atom. The summed E-state index contributed by atoms with van der Waals surface area (Å²) in [4.78, 5) is 28.5. The Hall–Kier alpha value is -3.76. The molecule has 0 aliphatic heterocycles. The predicted octanol–water partition coefficient (Wildman–Crippen LogP) is 2.63.